The third-order valence-electron chi connectivity index (χ3n) is 3.87. The minimum Gasteiger partial charge on any atom is -0.489 e. The molecule has 3 N–H and O–H groups in total. The largest absolute Gasteiger partial charge is 0.489 e. The van der Waals surface area contributed by atoms with Crippen molar-refractivity contribution in [1.82, 2.24) is 5.43 Å². The summed E-state index contributed by atoms with van der Waals surface area (Å²) in [6, 6.07) is 22.6. The number of carbonyl (C=O) groups excluding carboxylic acids is 1. The van der Waals surface area contributed by atoms with Gasteiger partial charge in [-0.05, 0) is 17.2 Å². The lowest BCUT2D eigenvalue weighted by Gasteiger charge is -2.15. The summed E-state index contributed by atoms with van der Waals surface area (Å²) < 4.78 is 11.6. The third-order valence-corrected chi connectivity index (χ3v) is 4.17. The van der Waals surface area contributed by atoms with Gasteiger partial charge in [0, 0.05) is 6.07 Å². The van der Waals surface area contributed by atoms with E-state index in [4.69, 9.17) is 26.9 Å². The molecule has 138 valence electrons. The number of nitrogen functional groups attached to an aromatic ring is 1. The molecular formula is C21H19ClN2O3. The molecule has 0 radical (unpaired) electrons. The number of carbonyl (C=O) groups is 1. The molecule has 0 spiro atoms. The van der Waals surface area contributed by atoms with Crippen molar-refractivity contribution in [3.05, 3.63) is 94.5 Å². The average molecular weight is 383 g/mol. The lowest BCUT2D eigenvalue weighted by molar-refractivity contribution is 0.0949. The first-order chi connectivity index (χ1) is 13.2. The Balaban J connectivity index is 1.83. The number of benzene rings is 3. The first-order valence-electron chi connectivity index (χ1n) is 8.35. The minimum absolute atomic E-state index is 0.169. The molecule has 3 aromatic rings. The van der Waals surface area contributed by atoms with Crippen molar-refractivity contribution in [1.29, 1.82) is 0 Å². The average Bonchev–Trinajstić information content (AvgIpc) is 2.71. The zero-order valence-corrected chi connectivity index (χ0v) is 15.3. The fraction of sp³-hybridized carbons (Fsp3) is 0.0952. The van der Waals surface area contributed by atoms with Gasteiger partial charge in [-0.2, -0.15) is 0 Å². The molecule has 6 heteroatoms. The Kier molecular flexibility index (Phi) is 6.30. The molecule has 3 aromatic carbocycles. The van der Waals surface area contributed by atoms with Crippen LogP contribution in [-0.4, -0.2) is 5.91 Å². The Morgan fingerprint density at radius 3 is 2.00 bits per heavy atom. The van der Waals surface area contributed by atoms with Crippen LogP contribution in [0, 0.1) is 0 Å². The van der Waals surface area contributed by atoms with Crippen molar-refractivity contribution in [3.8, 4) is 11.5 Å². The molecule has 0 atom stereocenters. The summed E-state index contributed by atoms with van der Waals surface area (Å²) in [7, 11) is 0. The van der Waals surface area contributed by atoms with E-state index >= 15 is 0 Å². The predicted molar refractivity (Wildman–Crippen MR) is 105 cm³/mol. The summed E-state index contributed by atoms with van der Waals surface area (Å²) in [5.74, 6) is 5.55. The van der Waals surface area contributed by atoms with Crippen LogP contribution in [0.3, 0.4) is 0 Å². The zero-order valence-electron chi connectivity index (χ0n) is 14.5. The Labute approximate surface area is 162 Å². The van der Waals surface area contributed by atoms with E-state index in [0.29, 0.717) is 18.1 Å². The molecular weight excluding hydrogens is 364 g/mol. The number of hydrazine groups is 1. The van der Waals surface area contributed by atoms with E-state index in [1.807, 2.05) is 60.7 Å². The van der Waals surface area contributed by atoms with Gasteiger partial charge in [0.25, 0.3) is 5.91 Å². The molecule has 27 heavy (non-hydrogen) atoms. The predicted octanol–water partition coefficient (Wildman–Crippen LogP) is 4.10. The molecule has 0 unspecified atom stereocenters. The Hall–Kier alpha value is -3.02. The van der Waals surface area contributed by atoms with Crippen LogP contribution >= 0.6 is 11.6 Å². The summed E-state index contributed by atoms with van der Waals surface area (Å²) in [4.78, 5) is 12.1. The van der Waals surface area contributed by atoms with Gasteiger partial charge in [0.15, 0.2) is 0 Å². The molecule has 0 fully saturated rings. The topological polar surface area (TPSA) is 73.6 Å². The van der Waals surface area contributed by atoms with Gasteiger partial charge in [0.2, 0.25) is 0 Å². The first kappa shape index (κ1) is 18.8. The lowest BCUT2D eigenvalue weighted by Crippen LogP contribution is -2.30. The van der Waals surface area contributed by atoms with E-state index in [-0.39, 0.29) is 17.2 Å². The van der Waals surface area contributed by atoms with Crippen LogP contribution in [0.4, 0.5) is 0 Å². The van der Waals surface area contributed by atoms with E-state index in [2.05, 4.69) is 5.43 Å². The minimum atomic E-state index is -0.530. The maximum atomic E-state index is 12.1. The fourth-order valence-corrected chi connectivity index (χ4v) is 2.81. The van der Waals surface area contributed by atoms with Crippen molar-refractivity contribution in [3.63, 3.8) is 0 Å². The Bertz CT molecular complexity index is 902. The highest BCUT2D eigenvalue weighted by atomic mass is 35.5. The quantitative estimate of drug-likeness (QED) is 0.366. The second-order valence-electron chi connectivity index (χ2n) is 5.80. The van der Waals surface area contributed by atoms with Crippen molar-refractivity contribution in [2.24, 2.45) is 5.84 Å². The molecule has 0 saturated heterocycles. The highest BCUT2D eigenvalue weighted by Crippen LogP contribution is 2.33. The molecule has 0 aliphatic carbocycles. The zero-order chi connectivity index (χ0) is 19.1. The monoisotopic (exact) mass is 382 g/mol. The summed E-state index contributed by atoms with van der Waals surface area (Å²) in [6.45, 7) is 0.655. The number of nitrogens with two attached hydrogens (primary N) is 1. The van der Waals surface area contributed by atoms with Gasteiger partial charge >= 0.3 is 0 Å². The van der Waals surface area contributed by atoms with Crippen molar-refractivity contribution in [2.45, 2.75) is 13.2 Å². The van der Waals surface area contributed by atoms with Crippen LogP contribution in [0.25, 0.3) is 0 Å². The number of ether oxygens (including phenoxy) is 2. The highest BCUT2D eigenvalue weighted by Gasteiger charge is 2.18. The van der Waals surface area contributed by atoms with Gasteiger partial charge < -0.3 is 9.47 Å². The number of hydrogen-bond acceptors (Lipinski definition) is 4. The summed E-state index contributed by atoms with van der Waals surface area (Å²) >= 11 is 6.30. The number of hydrogen-bond donors (Lipinski definition) is 2. The van der Waals surface area contributed by atoms with Crippen LogP contribution in [-0.2, 0) is 13.2 Å². The van der Waals surface area contributed by atoms with Crippen LogP contribution in [0.5, 0.6) is 11.5 Å². The number of amides is 1. The van der Waals surface area contributed by atoms with Crippen LogP contribution in [0.2, 0.25) is 5.02 Å². The Morgan fingerprint density at radius 1 is 0.889 bits per heavy atom. The van der Waals surface area contributed by atoms with Crippen LogP contribution in [0.1, 0.15) is 21.5 Å². The molecule has 0 heterocycles. The lowest BCUT2D eigenvalue weighted by atomic mass is 10.1. The summed E-state index contributed by atoms with van der Waals surface area (Å²) in [5.41, 5.74) is 4.24. The molecule has 0 aliphatic heterocycles. The number of rotatable bonds is 7. The normalized spacial score (nSPS) is 10.3. The number of nitrogens with one attached hydrogen (secondary N) is 1. The molecule has 1 amide bonds. The summed E-state index contributed by atoms with van der Waals surface area (Å²) in [6.07, 6.45) is 0. The van der Waals surface area contributed by atoms with Gasteiger partial charge in [-0.15, -0.1) is 0 Å². The van der Waals surface area contributed by atoms with Crippen molar-refractivity contribution < 1.29 is 14.3 Å². The third kappa shape index (κ3) is 5.00. The molecule has 3 rings (SSSR count). The van der Waals surface area contributed by atoms with Crippen LogP contribution < -0.4 is 20.7 Å². The standard InChI is InChI=1S/C21H19ClN2O3/c22-18-11-17(26-13-15-7-3-1-4-8-15)12-19(20(18)21(25)24-23)27-14-16-9-5-2-6-10-16/h1-12H,13-14,23H2,(H,24,25). The molecule has 0 aromatic heterocycles. The first-order valence-corrected chi connectivity index (χ1v) is 8.73. The van der Waals surface area contributed by atoms with E-state index in [1.54, 1.807) is 12.1 Å². The Morgan fingerprint density at radius 2 is 1.44 bits per heavy atom. The summed E-state index contributed by atoms with van der Waals surface area (Å²) in [5, 5.41) is 0.201. The van der Waals surface area contributed by atoms with Gasteiger partial charge in [0.1, 0.15) is 30.3 Å². The van der Waals surface area contributed by atoms with E-state index in [0.717, 1.165) is 11.1 Å². The van der Waals surface area contributed by atoms with E-state index in [1.165, 1.54) is 0 Å². The van der Waals surface area contributed by atoms with E-state index < -0.39 is 5.91 Å². The SMILES string of the molecule is NNC(=O)c1c(Cl)cc(OCc2ccccc2)cc1OCc1ccccc1. The molecule has 5 nitrogen and oxygen atoms in total. The van der Waals surface area contributed by atoms with Crippen molar-refractivity contribution >= 4 is 17.5 Å². The maximum Gasteiger partial charge on any atom is 0.270 e. The maximum absolute atomic E-state index is 12.1. The van der Waals surface area contributed by atoms with E-state index in [9.17, 15) is 4.79 Å². The van der Waals surface area contributed by atoms with Crippen molar-refractivity contribution in [2.75, 3.05) is 0 Å². The van der Waals surface area contributed by atoms with Gasteiger partial charge in [-0.25, -0.2) is 5.84 Å². The molecule has 0 bridgehead atoms. The fourth-order valence-electron chi connectivity index (χ4n) is 2.52. The second-order valence-corrected chi connectivity index (χ2v) is 6.21. The second kappa shape index (κ2) is 9.07. The van der Waals surface area contributed by atoms with Gasteiger partial charge in [0.05, 0.1) is 5.02 Å². The van der Waals surface area contributed by atoms with Crippen LogP contribution in [0.15, 0.2) is 72.8 Å². The highest BCUT2D eigenvalue weighted by molar-refractivity contribution is 6.34. The molecule has 0 saturated carbocycles. The van der Waals surface area contributed by atoms with Gasteiger partial charge in [-0.1, -0.05) is 72.3 Å². The van der Waals surface area contributed by atoms with Gasteiger partial charge in [-0.3, -0.25) is 10.2 Å². The smallest absolute Gasteiger partial charge is 0.270 e. The molecule has 0 aliphatic rings. The number of halogens is 1.